The van der Waals surface area contributed by atoms with Gasteiger partial charge in [-0.3, -0.25) is 4.79 Å². The Morgan fingerprint density at radius 1 is 0.875 bits per heavy atom. The third-order valence-corrected chi connectivity index (χ3v) is 7.13. The van der Waals surface area contributed by atoms with Gasteiger partial charge in [-0.2, -0.15) is 0 Å². The van der Waals surface area contributed by atoms with Crippen molar-refractivity contribution >= 4 is 20.7 Å². The second kappa shape index (κ2) is 8.51. The summed E-state index contributed by atoms with van der Waals surface area (Å²) in [6, 6.07) is 19.1. The van der Waals surface area contributed by atoms with Gasteiger partial charge in [-0.1, -0.05) is 29.8 Å². The van der Waals surface area contributed by atoms with Crippen molar-refractivity contribution in [3.05, 3.63) is 94.3 Å². The van der Waals surface area contributed by atoms with E-state index >= 15 is 0 Å². The maximum Gasteiger partial charge on any atom is 0.211 e. The van der Waals surface area contributed by atoms with E-state index in [0.29, 0.717) is 23.6 Å². The molecule has 164 valence electrons. The topological polar surface area (TPSA) is 74.6 Å². The number of aryl methyl sites for hydroxylation is 1. The van der Waals surface area contributed by atoms with Crippen molar-refractivity contribution in [2.75, 3.05) is 14.2 Å². The van der Waals surface area contributed by atoms with Gasteiger partial charge >= 0.3 is 0 Å². The predicted molar refractivity (Wildman–Crippen MR) is 123 cm³/mol. The van der Waals surface area contributed by atoms with Crippen LogP contribution in [-0.2, 0) is 16.4 Å². The smallest absolute Gasteiger partial charge is 0.211 e. The Bertz CT molecular complexity index is 1450. The normalized spacial score (nSPS) is 11.5. The van der Waals surface area contributed by atoms with Gasteiger partial charge in [-0.15, -0.1) is 0 Å². The molecule has 0 spiro atoms. The summed E-state index contributed by atoms with van der Waals surface area (Å²) in [4.78, 5) is 13.1. The monoisotopic (exact) mass is 449 g/mol. The first kappa shape index (κ1) is 21.6. The van der Waals surface area contributed by atoms with E-state index in [1.54, 1.807) is 42.0 Å². The molecule has 0 radical (unpaired) electrons. The molecule has 32 heavy (non-hydrogen) atoms. The number of benzene rings is 3. The quantitative estimate of drug-likeness (QED) is 0.441. The Morgan fingerprint density at radius 3 is 2.25 bits per heavy atom. The molecule has 0 saturated heterocycles. The Hall–Kier alpha value is -3.58. The van der Waals surface area contributed by atoms with Gasteiger partial charge in [0.1, 0.15) is 16.4 Å². The van der Waals surface area contributed by atoms with E-state index in [4.69, 9.17) is 9.47 Å². The number of ether oxygens (including phenoxy) is 2. The molecule has 0 fully saturated rings. The third-order valence-electron chi connectivity index (χ3n) is 5.36. The van der Waals surface area contributed by atoms with Crippen molar-refractivity contribution in [1.82, 2.24) is 4.57 Å². The molecule has 0 atom stereocenters. The van der Waals surface area contributed by atoms with Gasteiger partial charge in [0.2, 0.25) is 15.3 Å². The summed E-state index contributed by atoms with van der Waals surface area (Å²) in [6.45, 7) is 2.23. The second-order valence-electron chi connectivity index (χ2n) is 7.50. The molecule has 4 aromatic rings. The van der Waals surface area contributed by atoms with Crippen LogP contribution in [0.5, 0.6) is 11.5 Å². The standard InChI is InChI=1S/C25H23NO5S/c1-17-7-10-21(11-8-17)32(28,29)24-16-26(15-18-5-4-6-19(13-18)30-2)23-12-9-20(31-3)14-22(23)25(24)27/h4-14,16H,15H2,1-3H3. The van der Waals surface area contributed by atoms with Crippen molar-refractivity contribution < 1.29 is 17.9 Å². The molecular formula is C25H23NO5S. The highest BCUT2D eigenvalue weighted by Gasteiger charge is 2.24. The predicted octanol–water partition coefficient (Wildman–Crippen LogP) is 4.21. The number of aromatic nitrogens is 1. The minimum Gasteiger partial charge on any atom is -0.497 e. The van der Waals surface area contributed by atoms with Gasteiger partial charge in [0.15, 0.2) is 0 Å². The molecule has 0 aliphatic heterocycles. The molecule has 0 unspecified atom stereocenters. The van der Waals surface area contributed by atoms with Crippen LogP contribution in [0, 0.1) is 6.92 Å². The first-order chi connectivity index (χ1) is 15.3. The van der Waals surface area contributed by atoms with E-state index in [0.717, 1.165) is 11.1 Å². The summed E-state index contributed by atoms with van der Waals surface area (Å²) in [5.41, 5.74) is 1.90. The molecule has 0 saturated carbocycles. The van der Waals surface area contributed by atoms with Crippen LogP contribution in [0.1, 0.15) is 11.1 Å². The number of hydrogen-bond donors (Lipinski definition) is 0. The van der Waals surface area contributed by atoms with Crippen LogP contribution in [-0.4, -0.2) is 27.2 Å². The highest BCUT2D eigenvalue weighted by Crippen LogP contribution is 2.25. The zero-order valence-corrected chi connectivity index (χ0v) is 18.8. The van der Waals surface area contributed by atoms with E-state index in [2.05, 4.69) is 0 Å². The summed E-state index contributed by atoms with van der Waals surface area (Å²) in [5, 5.41) is 0.278. The lowest BCUT2D eigenvalue weighted by Crippen LogP contribution is -2.19. The average Bonchev–Trinajstić information content (AvgIpc) is 2.80. The van der Waals surface area contributed by atoms with Gasteiger partial charge in [-0.05, 0) is 55.0 Å². The van der Waals surface area contributed by atoms with Crippen molar-refractivity contribution in [1.29, 1.82) is 0 Å². The van der Waals surface area contributed by atoms with Crippen molar-refractivity contribution in [3.63, 3.8) is 0 Å². The Morgan fingerprint density at radius 2 is 1.56 bits per heavy atom. The Labute approximate surface area is 186 Å². The lowest BCUT2D eigenvalue weighted by atomic mass is 10.1. The molecule has 0 aliphatic rings. The largest absolute Gasteiger partial charge is 0.497 e. The number of pyridine rings is 1. The highest BCUT2D eigenvalue weighted by atomic mass is 32.2. The number of methoxy groups -OCH3 is 2. The minimum atomic E-state index is -4.02. The van der Waals surface area contributed by atoms with E-state index < -0.39 is 15.3 Å². The fraction of sp³-hybridized carbons (Fsp3) is 0.160. The van der Waals surface area contributed by atoms with Crippen LogP contribution < -0.4 is 14.9 Å². The SMILES string of the molecule is COc1cccc(Cn2cc(S(=O)(=O)c3ccc(C)cc3)c(=O)c3cc(OC)ccc32)c1. The molecule has 7 heteroatoms. The molecule has 3 aromatic carbocycles. The van der Waals surface area contributed by atoms with Gasteiger partial charge in [0.25, 0.3) is 0 Å². The zero-order valence-electron chi connectivity index (χ0n) is 18.0. The first-order valence-electron chi connectivity index (χ1n) is 9.99. The molecule has 0 amide bonds. The maximum atomic E-state index is 13.4. The minimum absolute atomic E-state index is 0.0791. The van der Waals surface area contributed by atoms with Crippen molar-refractivity contribution in [2.45, 2.75) is 23.3 Å². The van der Waals surface area contributed by atoms with Gasteiger partial charge in [0, 0.05) is 12.7 Å². The molecule has 1 heterocycles. The molecule has 6 nitrogen and oxygen atoms in total. The maximum absolute atomic E-state index is 13.4. The number of sulfone groups is 1. The second-order valence-corrected chi connectivity index (χ2v) is 9.42. The summed E-state index contributed by atoms with van der Waals surface area (Å²) >= 11 is 0. The molecule has 0 bridgehead atoms. The number of nitrogens with zero attached hydrogens (tertiary/aromatic N) is 1. The third kappa shape index (κ3) is 3.99. The van der Waals surface area contributed by atoms with Crippen molar-refractivity contribution in [3.8, 4) is 11.5 Å². The van der Waals surface area contributed by atoms with Crippen molar-refractivity contribution in [2.24, 2.45) is 0 Å². The number of hydrogen-bond acceptors (Lipinski definition) is 5. The average molecular weight is 450 g/mol. The highest BCUT2D eigenvalue weighted by molar-refractivity contribution is 7.91. The van der Waals surface area contributed by atoms with E-state index in [1.165, 1.54) is 25.4 Å². The first-order valence-corrected chi connectivity index (χ1v) is 11.5. The summed E-state index contributed by atoms with van der Waals surface area (Å²) in [6.07, 6.45) is 1.42. The lowest BCUT2D eigenvalue weighted by Gasteiger charge is -2.15. The Kier molecular flexibility index (Phi) is 5.76. The molecule has 0 aliphatic carbocycles. The van der Waals surface area contributed by atoms with Crippen LogP contribution in [0.25, 0.3) is 10.9 Å². The molecular weight excluding hydrogens is 426 g/mol. The number of fused-ring (bicyclic) bond motifs is 1. The van der Waals surface area contributed by atoms with E-state index in [1.807, 2.05) is 31.2 Å². The van der Waals surface area contributed by atoms with Crippen LogP contribution in [0.3, 0.4) is 0 Å². The lowest BCUT2D eigenvalue weighted by molar-refractivity contribution is 0.414. The van der Waals surface area contributed by atoms with E-state index in [-0.39, 0.29) is 15.2 Å². The van der Waals surface area contributed by atoms with Crippen LogP contribution in [0.15, 0.2) is 87.5 Å². The summed E-state index contributed by atoms with van der Waals surface area (Å²) in [5.74, 6) is 1.18. The van der Waals surface area contributed by atoms with Crippen LogP contribution in [0.4, 0.5) is 0 Å². The van der Waals surface area contributed by atoms with Gasteiger partial charge in [0.05, 0.1) is 30.0 Å². The summed E-state index contributed by atoms with van der Waals surface area (Å²) < 4.78 is 39.2. The molecule has 1 aromatic heterocycles. The zero-order chi connectivity index (χ0) is 22.9. The fourth-order valence-corrected chi connectivity index (χ4v) is 4.98. The van der Waals surface area contributed by atoms with Crippen LogP contribution in [0.2, 0.25) is 0 Å². The number of rotatable bonds is 6. The van der Waals surface area contributed by atoms with Crippen LogP contribution >= 0.6 is 0 Å². The van der Waals surface area contributed by atoms with Gasteiger partial charge < -0.3 is 14.0 Å². The summed E-state index contributed by atoms with van der Waals surface area (Å²) in [7, 11) is -0.931. The van der Waals surface area contributed by atoms with E-state index in [9.17, 15) is 13.2 Å². The Balaban J connectivity index is 1.96. The molecule has 0 N–H and O–H groups in total. The fourth-order valence-electron chi connectivity index (χ4n) is 3.61. The molecule has 4 rings (SSSR count). The van der Waals surface area contributed by atoms with Gasteiger partial charge in [-0.25, -0.2) is 8.42 Å².